The van der Waals surface area contributed by atoms with Gasteiger partial charge in [0.15, 0.2) is 0 Å². The number of hydrogen-bond donors (Lipinski definition) is 1. The zero-order chi connectivity index (χ0) is 12.4. The van der Waals surface area contributed by atoms with Crippen LogP contribution in [0.25, 0.3) is 10.9 Å². The molecular formula is C16H22N2. The predicted octanol–water partition coefficient (Wildman–Crippen LogP) is 3.34. The molecule has 0 unspecified atom stereocenters. The zero-order valence-electron chi connectivity index (χ0n) is 11.2. The van der Waals surface area contributed by atoms with Crippen LogP contribution in [0, 0.1) is 12.8 Å². The number of piperidine rings is 1. The van der Waals surface area contributed by atoms with Gasteiger partial charge in [0.25, 0.3) is 0 Å². The molecule has 1 aromatic heterocycles. The van der Waals surface area contributed by atoms with Gasteiger partial charge in [-0.15, -0.1) is 0 Å². The van der Waals surface area contributed by atoms with Crippen LogP contribution < -0.4 is 5.32 Å². The van der Waals surface area contributed by atoms with Crippen molar-refractivity contribution in [3.05, 3.63) is 36.0 Å². The first-order valence-electron chi connectivity index (χ1n) is 7.10. The van der Waals surface area contributed by atoms with Gasteiger partial charge >= 0.3 is 0 Å². The molecule has 3 rings (SSSR count). The topological polar surface area (TPSA) is 17.0 Å². The van der Waals surface area contributed by atoms with Gasteiger partial charge in [-0.05, 0) is 56.8 Å². The number of aromatic nitrogens is 1. The van der Waals surface area contributed by atoms with Crippen LogP contribution in [0.15, 0.2) is 30.5 Å². The zero-order valence-corrected chi connectivity index (χ0v) is 11.2. The summed E-state index contributed by atoms with van der Waals surface area (Å²) < 4.78 is 2.44. The molecule has 18 heavy (non-hydrogen) atoms. The quantitative estimate of drug-likeness (QED) is 0.873. The Morgan fingerprint density at radius 2 is 2.00 bits per heavy atom. The molecule has 2 aromatic rings. The van der Waals surface area contributed by atoms with E-state index in [-0.39, 0.29) is 0 Å². The summed E-state index contributed by atoms with van der Waals surface area (Å²) in [5, 5.41) is 4.85. The molecule has 1 fully saturated rings. The Balaban J connectivity index is 1.74. The monoisotopic (exact) mass is 242 g/mol. The fourth-order valence-electron chi connectivity index (χ4n) is 3.11. The maximum absolute atomic E-state index is 3.44. The van der Waals surface area contributed by atoms with Gasteiger partial charge in [-0.3, -0.25) is 0 Å². The lowest BCUT2D eigenvalue weighted by Gasteiger charge is -2.22. The fourth-order valence-corrected chi connectivity index (χ4v) is 3.11. The van der Waals surface area contributed by atoms with Crippen molar-refractivity contribution in [2.75, 3.05) is 13.1 Å². The summed E-state index contributed by atoms with van der Waals surface area (Å²) in [6, 6.07) is 8.74. The number of nitrogens with zero attached hydrogens (tertiary/aromatic N) is 1. The highest BCUT2D eigenvalue weighted by atomic mass is 15.0. The number of benzene rings is 1. The van der Waals surface area contributed by atoms with E-state index in [1.807, 2.05) is 0 Å². The van der Waals surface area contributed by atoms with Crippen molar-refractivity contribution in [2.24, 2.45) is 5.92 Å². The summed E-state index contributed by atoms with van der Waals surface area (Å²) in [6.45, 7) is 5.79. The van der Waals surface area contributed by atoms with E-state index in [4.69, 9.17) is 0 Å². The normalized spacial score (nSPS) is 17.4. The molecule has 1 N–H and O–H groups in total. The molecule has 0 spiro atoms. The van der Waals surface area contributed by atoms with Crippen LogP contribution in [-0.4, -0.2) is 17.7 Å². The molecule has 2 nitrogen and oxygen atoms in total. The average Bonchev–Trinajstić information content (AvgIpc) is 2.75. The lowest BCUT2D eigenvalue weighted by atomic mass is 9.95. The SMILES string of the molecule is Cc1cn(CCC2CCNCC2)c2ccccc12. The molecule has 0 bridgehead atoms. The van der Waals surface area contributed by atoms with Crippen LogP contribution >= 0.6 is 0 Å². The molecular weight excluding hydrogens is 220 g/mol. The maximum atomic E-state index is 3.44. The smallest absolute Gasteiger partial charge is 0.0483 e. The number of aryl methyl sites for hydroxylation is 2. The Labute approximate surface area is 109 Å². The summed E-state index contributed by atoms with van der Waals surface area (Å²) >= 11 is 0. The molecule has 2 heteroatoms. The molecule has 1 aliphatic rings. The molecule has 1 aliphatic heterocycles. The van der Waals surface area contributed by atoms with Crippen LogP contribution in [0.3, 0.4) is 0 Å². The van der Waals surface area contributed by atoms with Crippen LogP contribution in [0.5, 0.6) is 0 Å². The molecule has 0 amide bonds. The van der Waals surface area contributed by atoms with Crippen LogP contribution in [0.2, 0.25) is 0 Å². The maximum Gasteiger partial charge on any atom is 0.0483 e. The van der Waals surface area contributed by atoms with Crippen LogP contribution in [0.4, 0.5) is 0 Å². The second kappa shape index (κ2) is 5.15. The summed E-state index contributed by atoms with van der Waals surface area (Å²) in [5.41, 5.74) is 2.79. The second-order valence-corrected chi connectivity index (χ2v) is 5.50. The van der Waals surface area contributed by atoms with E-state index in [2.05, 4.69) is 47.3 Å². The highest BCUT2D eigenvalue weighted by Crippen LogP contribution is 2.23. The van der Waals surface area contributed by atoms with E-state index in [1.165, 1.54) is 55.4 Å². The molecule has 0 radical (unpaired) electrons. The predicted molar refractivity (Wildman–Crippen MR) is 76.9 cm³/mol. The Morgan fingerprint density at radius 3 is 2.83 bits per heavy atom. The first kappa shape index (κ1) is 11.8. The van der Waals surface area contributed by atoms with Gasteiger partial charge in [0.2, 0.25) is 0 Å². The molecule has 0 saturated carbocycles. The highest BCUT2D eigenvalue weighted by Gasteiger charge is 2.13. The fraction of sp³-hybridized carbons (Fsp3) is 0.500. The molecule has 0 atom stereocenters. The Bertz CT molecular complexity index is 521. The van der Waals surface area contributed by atoms with E-state index in [1.54, 1.807) is 0 Å². The summed E-state index contributed by atoms with van der Waals surface area (Å²) in [6.07, 6.45) is 6.32. The van der Waals surface area contributed by atoms with Crippen molar-refractivity contribution in [2.45, 2.75) is 32.7 Å². The van der Waals surface area contributed by atoms with Crippen molar-refractivity contribution in [1.29, 1.82) is 0 Å². The second-order valence-electron chi connectivity index (χ2n) is 5.50. The Hall–Kier alpha value is -1.28. The van der Waals surface area contributed by atoms with Gasteiger partial charge in [0, 0.05) is 23.6 Å². The molecule has 1 saturated heterocycles. The largest absolute Gasteiger partial charge is 0.347 e. The van der Waals surface area contributed by atoms with Gasteiger partial charge in [-0.25, -0.2) is 0 Å². The summed E-state index contributed by atoms with van der Waals surface area (Å²) in [4.78, 5) is 0. The van der Waals surface area contributed by atoms with Crippen molar-refractivity contribution in [3.8, 4) is 0 Å². The van der Waals surface area contributed by atoms with Crippen molar-refractivity contribution < 1.29 is 0 Å². The first-order valence-corrected chi connectivity index (χ1v) is 7.10. The van der Waals surface area contributed by atoms with E-state index < -0.39 is 0 Å². The van der Waals surface area contributed by atoms with Gasteiger partial charge in [0.1, 0.15) is 0 Å². The van der Waals surface area contributed by atoms with E-state index >= 15 is 0 Å². The lowest BCUT2D eigenvalue weighted by molar-refractivity contribution is 0.339. The standard InChI is InChI=1S/C16H22N2/c1-13-12-18(16-5-3-2-4-15(13)16)11-8-14-6-9-17-10-7-14/h2-5,12,14,17H,6-11H2,1H3. The number of para-hydroxylation sites is 1. The third-order valence-electron chi connectivity index (χ3n) is 4.22. The van der Waals surface area contributed by atoms with Crippen molar-refractivity contribution in [3.63, 3.8) is 0 Å². The number of fused-ring (bicyclic) bond motifs is 1. The summed E-state index contributed by atoms with van der Waals surface area (Å²) in [5.74, 6) is 0.910. The minimum Gasteiger partial charge on any atom is -0.347 e. The summed E-state index contributed by atoms with van der Waals surface area (Å²) in [7, 11) is 0. The van der Waals surface area contributed by atoms with Gasteiger partial charge in [0.05, 0.1) is 0 Å². The van der Waals surface area contributed by atoms with E-state index in [0.29, 0.717) is 0 Å². The minimum atomic E-state index is 0.910. The Morgan fingerprint density at radius 1 is 1.22 bits per heavy atom. The molecule has 2 heterocycles. The number of nitrogens with one attached hydrogen (secondary N) is 1. The number of rotatable bonds is 3. The Kier molecular flexibility index (Phi) is 3.37. The van der Waals surface area contributed by atoms with E-state index in [9.17, 15) is 0 Å². The van der Waals surface area contributed by atoms with Gasteiger partial charge < -0.3 is 9.88 Å². The lowest BCUT2D eigenvalue weighted by Crippen LogP contribution is -2.28. The van der Waals surface area contributed by atoms with Crippen LogP contribution in [0.1, 0.15) is 24.8 Å². The van der Waals surface area contributed by atoms with Gasteiger partial charge in [-0.1, -0.05) is 18.2 Å². The minimum absolute atomic E-state index is 0.910. The highest BCUT2D eigenvalue weighted by molar-refractivity contribution is 5.83. The van der Waals surface area contributed by atoms with Crippen molar-refractivity contribution >= 4 is 10.9 Å². The van der Waals surface area contributed by atoms with Crippen LogP contribution in [-0.2, 0) is 6.54 Å². The van der Waals surface area contributed by atoms with Crippen molar-refractivity contribution in [1.82, 2.24) is 9.88 Å². The third kappa shape index (κ3) is 2.30. The van der Waals surface area contributed by atoms with Gasteiger partial charge in [-0.2, -0.15) is 0 Å². The number of hydrogen-bond acceptors (Lipinski definition) is 1. The third-order valence-corrected chi connectivity index (χ3v) is 4.22. The first-order chi connectivity index (χ1) is 8.84. The average molecular weight is 242 g/mol. The molecule has 0 aliphatic carbocycles. The molecule has 1 aromatic carbocycles. The van der Waals surface area contributed by atoms with E-state index in [0.717, 1.165) is 5.92 Å². The molecule has 96 valence electrons.